The summed E-state index contributed by atoms with van der Waals surface area (Å²) in [7, 11) is 0. The summed E-state index contributed by atoms with van der Waals surface area (Å²) in [5.74, 6) is -0.745. The molecule has 0 aromatic heterocycles. The molecule has 1 aromatic rings. The number of hydrogen-bond donors (Lipinski definition) is 3. The van der Waals surface area contributed by atoms with Crippen molar-refractivity contribution in [2.45, 2.75) is 26.4 Å². The maximum Gasteiger partial charge on any atom is 0.338 e. The van der Waals surface area contributed by atoms with Crippen LogP contribution in [0.25, 0.3) is 0 Å². The van der Waals surface area contributed by atoms with E-state index in [0.717, 1.165) is 0 Å². The van der Waals surface area contributed by atoms with Gasteiger partial charge in [-0.1, -0.05) is 0 Å². The molecule has 1 aromatic carbocycles. The fourth-order valence-electron chi connectivity index (χ4n) is 1.28. The molecule has 0 aliphatic rings. The summed E-state index contributed by atoms with van der Waals surface area (Å²) < 4.78 is 5.23. The molecule has 0 saturated carbocycles. The number of carbonyl (C=O) groups is 1. The topological polar surface area (TPSA) is 123 Å². The highest BCUT2D eigenvalue weighted by Gasteiger charge is 2.18. The molecular weight excluding hydrogens is 260 g/mol. The summed E-state index contributed by atoms with van der Waals surface area (Å²) in [6, 6.07) is 4.27. The number of guanidine groups is 1. The maximum atomic E-state index is 11.9. The summed E-state index contributed by atoms with van der Waals surface area (Å²) in [4.78, 5) is 11.9. The molecule has 1 rings (SSSR count). The molecule has 0 atom stereocenters. The quantitative estimate of drug-likeness (QED) is 0.329. The van der Waals surface area contributed by atoms with Crippen molar-refractivity contribution in [2.24, 2.45) is 21.7 Å². The number of nitrogens with zero attached hydrogens (tertiary/aromatic N) is 2. The van der Waals surface area contributed by atoms with Gasteiger partial charge in [0.25, 0.3) is 0 Å². The minimum absolute atomic E-state index is 0.0492. The van der Waals surface area contributed by atoms with Crippen LogP contribution in [0.5, 0.6) is 5.75 Å². The second-order valence-corrected chi connectivity index (χ2v) is 5.04. The number of hydrogen-bond acceptors (Lipinski definition) is 5. The first-order valence-electron chi connectivity index (χ1n) is 5.87. The van der Waals surface area contributed by atoms with Crippen LogP contribution in [0.1, 0.15) is 36.7 Å². The summed E-state index contributed by atoms with van der Waals surface area (Å²) in [5, 5.41) is 16.6. The van der Waals surface area contributed by atoms with Crippen LogP contribution in [0.4, 0.5) is 0 Å². The van der Waals surface area contributed by atoms with Crippen LogP contribution < -0.4 is 11.5 Å². The van der Waals surface area contributed by atoms with Crippen LogP contribution in [0.3, 0.4) is 0 Å². The van der Waals surface area contributed by atoms with Gasteiger partial charge in [-0.3, -0.25) is 0 Å². The second kappa shape index (κ2) is 6.05. The Labute approximate surface area is 116 Å². The van der Waals surface area contributed by atoms with Crippen molar-refractivity contribution in [1.29, 1.82) is 0 Å². The third kappa shape index (κ3) is 4.97. The van der Waals surface area contributed by atoms with E-state index in [1.165, 1.54) is 24.4 Å². The highest BCUT2D eigenvalue weighted by Crippen LogP contribution is 2.19. The first kappa shape index (κ1) is 15.5. The van der Waals surface area contributed by atoms with Gasteiger partial charge in [0.15, 0.2) is 0 Å². The van der Waals surface area contributed by atoms with E-state index in [9.17, 15) is 9.90 Å². The first-order chi connectivity index (χ1) is 9.19. The molecule has 108 valence electrons. The average Bonchev–Trinajstić information content (AvgIpc) is 2.28. The molecule has 0 spiro atoms. The lowest BCUT2D eigenvalue weighted by Crippen LogP contribution is -2.23. The van der Waals surface area contributed by atoms with Gasteiger partial charge >= 0.3 is 5.97 Å². The van der Waals surface area contributed by atoms with E-state index in [4.69, 9.17) is 16.2 Å². The third-order valence-electron chi connectivity index (χ3n) is 2.03. The molecule has 20 heavy (non-hydrogen) atoms. The fourth-order valence-corrected chi connectivity index (χ4v) is 1.28. The van der Waals surface area contributed by atoms with Crippen molar-refractivity contribution in [3.05, 3.63) is 29.3 Å². The molecule has 0 unspecified atom stereocenters. The van der Waals surface area contributed by atoms with Gasteiger partial charge in [-0.15, -0.1) is 5.10 Å². The van der Waals surface area contributed by atoms with Crippen molar-refractivity contribution in [1.82, 2.24) is 0 Å². The van der Waals surface area contributed by atoms with E-state index in [1.807, 2.05) is 0 Å². The van der Waals surface area contributed by atoms with E-state index in [1.54, 1.807) is 20.8 Å². The number of benzene rings is 1. The zero-order valence-electron chi connectivity index (χ0n) is 11.6. The van der Waals surface area contributed by atoms with Crippen molar-refractivity contribution in [3.8, 4) is 5.75 Å². The molecular formula is C13H18N4O3. The van der Waals surface area contributed by atoms with Gasteiger partial charge in [-0.25, -0.2) is 4.79 Å². The Bertz CT molecular complexity index is 555. The summed E-state index contributed by atoms with van der Waals surface area (Å²) in [6.07, 6.45) is 1.24. The normalized spacial score (nSPS) is 11.3. The molecule has 0 bridgehead atoms. The predicted octanol–water partition coefficient (Wildman–Crippen LogP) is 0.955. The maximum absolute atomic E-state index is 11.9. The number of carbonyl (C=O) groups excluding carboxylic acids is 1. The van der Waals surface area contributed by atoms with Crippen molar-refractivity contribution in [2.75, 3.05) is 0 Å². The molecule has 7 nitrogen and oxygen atoms in total. The summed E-state index contributed by atoms with van der Waals surface area (Å²) in [6.45, 7) is 5.31. The van der Waals surface area contributed by atoms with E-state index in [2.05, 4.69) is 10.2 Å². The van der Waals surface area contributed by atoms with E-state index in [0.29, 0.717) is 11.1 Å². The van der Waals surface area contributed by atoms with E-state index >= 15 is 0 Å². The molecule has 0 radical (unpaired) electrons. The van der Waals surface area contributed by atoms with Gasteiger partial charge in [0, 0.05) is 5.56 Å². The van der Waals surface area contributed by atoms with Gasteiger partial charge in [0.2, 0.25) is 5.96 Å². The Morgan fingerprint density at radius 1 is 1.35 bits per heavy atom. The van der Waals surface area contributed by atoms with Gasteiger partial charge < -0.3 is 21.3 Å². The number of phenols is 1. The zero-order chi connectivity index (χ0) is 15.3. The molecule has 0 aliphatic heterocycles. The van der Waals surface area contributed by atoms with Crippen molar-refractivity contribution >= 4 is 18.1 Å². The van der Waals surface area contributed by atoms with Crippen LogP contribution in [0.15, 0.2) is 28.4 Å². The third-order valence-corrected chi connectivity index (χ3v) is 2.03. The van der Waals surface area contributed by atoms with Crippen molar-refractivity contribution < 1.29 is 14.6 Å². The fraction of sp³-hybridized carbons (Fsp3) is 0.308. The molecule has 0 fully saturated rings. The zero-order valence-corrected chi connectivity index (χ0v) is 11.6. The molecule has 0 saturated heterocycles. The Balaban J connectivity index is 3.00. The Kier molecular flexibility index (Phi) is 4.68. The molecule has 0 heterocycles. The van der Waals surface area contributed by atoms with E-state index < -0.39 is 11.6 Å². The molecule has 0 amide bonds. The highest BCUT2D eigenvalue weighted by atomic mass is 16.6. The van der Waals surface area contributed by atoms with Gasteiger partial charge in [0.05, 0.1) is 11.8 Å². The Hall–Kier alpha value is -2.57. The van der Waals surface area contributed by atoms with Gasteiger partial charge in [-0.05, 0) is 39.0 Å². The number of aromatic hydroxyl groups is 1. The van der Waals surface area contributed by atoms with Crippen molar-refractivity contribution in [3.63, 3.8) is 0 Å². The van der Waals surface area contributed by atoms with Crippen LogP contribution in [-0.2, 0) is 4.74 Å². The lowest BCUT2D eigenvalue weighted by molar-refractivity contribution is 0.00695. The number of phenolic OH excluding ortho intramolecular Hbond substituents is 1. The van der Waals surface area contributed by atoms with Crippen LogP contribution >= 0.6 is 0 Å². The number of esters is 1. The van der Waals surface area contributed by atoms with Crippen LogP contribution in [0, 0.1) is 0 Å². The van der Waals surface area contributed by atoms with Crippen LogP contribution in [0.2, 0.25) is 0 Å². The minimum atomic E-state index is -0.596. The monoisotopic (exact) mass is 278 g/mol. The average molecular weight is 278 g/mol. The van der Waals surface area contributed by atoms with E-state index in [-0.39, 0.29) is 11.7 Å². The molecule has 0 aliphatic carbocycles. The number of rotatable bonds is 3. The first-order valence-corrected chi connectivity index (χ1v) is 5.87. The highest BCUT2D eigenvalue weighted by molar-refractivity contribution is 5.93. The largest absolute Gasteiger partial charge is 0.507 e. The second-order valence-electron chi connectivity index (χ2n) is 5.04. The number of nitrogens with two attached hydrogens (primary N) is 2. The van der Waals surface area contributed by atoms with Gasteiger partial charge in [-0.2, -0.15) is 5.10 Å². The van der Waals surface area contributed by atoms with Gasteiger partial charge in [0.1, 0.15) is 11.4 Å². The standard InChI is InChI=1S/C13H18N4O3/c1-13(2,3)20-11(19)8-4-5-10(18)9(6-8)7-16-17-12(14)15/h4-7,18H,1-3H3,(H4,14,15,17). The Morgan fingerprint density at radius 3 is 2.55 bits per heavy atom. The minimum Gasteiger partial charge on any atom is -0.507 e. The lowest BCUT2D eigenvalue weighted by atomic mass is 10.1. The molecule has 5 N–H and O–H groups in total. The SMILES string of the molecule is CC(C)(C)OC(=O)c1ccc(O)c(C=NN=C(N)N)c1. The predicted molar refractivity (Wildman–Crippen MR) is 76.7 cm³/mol. The smallest absolute Gasteiger partial charge is 0.338 e. The summed E-state index contributed by atoms with van der Waals surface area (Å²) in [5.41, 5.74) is 10.2. The molecule has 7 heteroatoms. The lowest BCUT2D eigenvalue weighted by Gasteiger charge is -2.19. The summed E-state index contributed by atoms with van der Waals surface area (Å²) >= 11 is 0. The Morgan fingerprint density at radius 2 is 2.00 bits per heavy atom. The number of ether oxygens (including phenoxy) is 1. The van der Waals surface area contributed by atoms with Crippen LogP contribution in [-0.4, -0.2) is 28.9 Å².